The highest BCUT2D eigenvalue weighted by Crippen LogP contribution is 2.56. The molecular formula is C61H42. The van der Waals surface area contributed by atoms with Crippen molar-refractivity contribution in [3.8, 4) is 77.9 Å². The van der Waals surface area contributed by atoms with Gasteiger partial charge in [0.05, 0.1) is 5.41 Å². The van der Waals surface area contributed by atoms with Crippen LogP contribution < -0.4 is 0 Å². The molecule has 61 heavy (non-hydrogen) atoms. The van der Waals surface area contributed by atoms with Gasteiger partial charge >= 0.3 is 0 Å². The molecule has 0 saturated carbocycles. The first-order chi connectivity index (χ1) is 30.2. The maximum Gasteiger partial charge on any atom is 0.0713 e. The first kappa shape index (κ1) is 36.3. The van der Waals surface area contributed by atoms with Crippen LogP contribution in [0.5, 0.6) is 0 Å². The molecule has 0 heteroatoms. The van der Waals surface area contributed by atoms with Crippen LogP contribution in [0.15, 0.2) is 255 Å². The van der Waals surface area contributed by atoms with Gasteiger partial charge < -0.3 is 0 Å². The van der Waals surface area contributed by atoms with E-state index in [1.165, 1.54) is 100 Å². The van der Waals surface area contributed by atoms with Gasteiger partial charge in [-0.25, -0.2) is 0 Å². The van der Waals surface area contributed by atoms with Crippen molar-refractivity contribution in [2.24, 2.45) is 0 Å². The van der Waals surface area contributed by atoms with E-state index in [1.807, 2.05) is 0 Å². The first-order valence-corrected chi connectivity index (χ1v) is 21.2. The van der Waals surface area contributed by atoms with Crippen molar-refractivity contribution < 1.29 is 0 Å². The normalized spacial score (nSPS) is 12.4. The van der Waals surface area contributed by atoms with E-state index in [1.54, 1.807) is 0 Å². The molecule has 0 N–H and O–H groups in total. The molecule has 10 aromatic carbocycles. The number of fused-ring (bicyclic) bond motifs is 3. The number of hydrogen-bond donors (Lipinski definition) is 0. The molecule has 1 aliphatic carbocycles. The highest BCUT2D eigenvalue weighted by Gasteiger charge is 2.46. The maximum absolute atomic E-state index is 2.45. The second kappa shape index (κ2) is 15.4. The minimum atomic E-state index is -0.430. The van der Waals surface area contributed by atoms with E-state index in [4.69, 9.17) is 0 Å². The van der Waals surface area contributed by atoms with Gasteiger partial charge in [-0.2, -0.15) is 0 Å². The van der Waals surface area contributed by atoms with Crippen molar-refractivity contribution in [2.75, 3.05) is 0 Å². The van der Waals surface area contributed by atoms with Crippen LogP contribution in [0.2, 0.25) is 0 Å². The van der Waals surface area contributed by atoms with Crippen LogP contribution >= 0.6 is 0 Å². The van der Waals surface area contributed by atoms with E-state index in [9.17, 15) is 0 Å². The van der Waals surface area contributed by atoms with E-state index in [-0.39, 0.29) is 0 Å². The molecule has 1 aliphatic rings. The summed E-state index contributed by atoms with van der Waals surface area (Å²) in [5.74, 6) is 0. The van der Waals surface area contributed by atoms with Gasteiger partial charge in [-0.15, -0.1) is 0 Å². The summed E-state index contributed by atoms with van der Waals surface area (Å²) in [5, 5.41) is 0. The van der Waals surface area contributed by atoms with Crippen LogP contribution in [0.1, 0.15) is 22.3 Å². The molecule has 0 heterocycles. The molecule has 0 atom stereocenters. The minimum absolute atomic E-state index is 0.430. The van der Waals surface area contributed by atoms with Crippen LogP contribution in [0.4, 0.5) is 0 Å². The lowest BCUT2D eigenvalue weighted by molar-refractivity contribution is 0.769. The predicted octanol–water partition coefficient (Wildman–Crippen LogP) is 16.1. The van der Waals surface area contributed by atoms with Crippen molar-refractivity contribution in [2.45, 2.75) is 5.41 Å². The third-order valence-corrected chi connectivity index (χ3v) is 12.5. The highest BCUT2D eigenvalue weighted by atomic mass is 14.5. The summed E-state index contributed by atoms with van der Waals surface area (Å²) in [4.78, 5) is 0. The highest BCUT2D eigenvalue weighted by molar-refractivity contribution is 5.89. The number of benzene rings is 10. The average molecular weight is 775 g/mol. The standard InChI is InChI=1S/C61H42/c1-5-17-43(18-6-1)47-21-16-24-50(38-47)54-40-52(44-19-7-2-8-20-44)39-53(41-54)46-33-31-45(32-34-46)48-22-15-23-49(37-48)51-35-36-58-57-29-13-14-30-59(57)61(60(58)42-51,55-25-9-3-10-26-55)56-27-11-4-12-28-56/h1-42H. The molecule has 0 aliphatic heterocycles. The first-order valence-electron chi connectivity index (χ1n) is 21.2. The fourth-order valence-corrected chi connectivity index (χ4v) is 9.62. The molecular weight excluding hydrogens is 733 g/mol. The van der Waals surface area contributed by atoms with Crippen molar-refractivity contribution in [3.63, 3.8) is 0 Å². The van der Waals surface area contributed by atoms with Crippen molar-refractivity contribution in [3.05, 3.63) is 277 Å². The van der Waals surface area contributed by atoms with Gasteiger partial charge in [-0.3, -0.25) is 0 Å². The summed E-state index contributed by atoms with van der Waals surface area (Å²) >= 11 is 0. The lowest BCUT2D eigenvalue weighted by Gasteiger charge is -2.34. The Labute approximate surface area is 358 Å². The Kier molecular flexibility index (Phi) is 9.17. The number of rotatable bonds is 8. The van der Waals surface area contributed by atoms with Gasteiger partial charge in [-0.05, 0) is 137 Å². The minimum Gasteiger partial charge on any atom is -0.0622 e. The zero-order valence-electron chi connectivity index (χ0n) is 33.7. The topological polar surface area (TPSA) is 0 Å². The van der Waals surface area contributed by atoms with Crippen LogP contribution in [0.25, 0.3) is 77.9 Å². The Hall–Kier alpha value is -7.80. The Morgan fingerprint density at radius 2 is 0.492 bits per heavy atom. The van der Waals surface area contributed by atoms with E-state index in [2.05, 4.69) is 255 Å². The van der Waals surface area contributed by atoms with Crippen LogP contribution in [0, 0.1) is 0 Å². The maximum atomic E-state index is 2.45. The zero-order valence-corrected chi connectivity index (χ0v) is 33.7. The smallest absolute Gasteiger partial charge is 0.0622 e. The summed E-state index contributed by atoms with van der Waals surface area (Å²) in [7, 11) is 0. The quantitative estimate of drug-likeness (QED) is 0.144. The second-order valence-corrected chi connectivity index (χ2v) is 16.1. The lowest BCUT2D eigenvalue weighted by Crippen LogP contribution is -2.28. The van der Waals surface area contributed by atoms with Crippen LogP contribution in [-0.4, -0.2) is 0 Å². The fourth-order valence-electron chi connectivity index (χ4n) is 9.62. The SMILES string of the molecule is c1ccc(-c2cccc(-c3cc(-c4ccccc4)cc(-c4ccc(-c5cccc(-c6ccc7c(c6)C(c6ccccc6)(c6ccccc6)c6ccccc6-7)c5)cc4)c3)c2)cc1. The van der Waals surface area contributed by atoms with Gasteiger partial charge in [0.25, 0.3) is 0 Å². The van der Waals surface area contributed by atoms with Gasteiger partial charge in [0.2, 0.25) is 0 Å². The third kappa shape index (κ3) is 6.51. The predicted molar refractivity (Wildman–Crippen MR) is 256 cm³/mol. The zero-order chi connectivity index (χ0) is 40.6. The van der Waals surface area contributed by atoms with E-state index in [0.717, 1.165) is 0 Å². The molecule has 286 valence electrons. The summed E-state index contributed by atoms with van der Waals surface area (Å²) in [6, 6.07) is 93.4. The van der Waals surface area contributed by atoms with Crippen LogP contribution in [-0.2, 0) is 5.41 Å². The van der Waals surface area contributed by atoms with Crippen LogP contribution in [0.3, 0.4) is 0 Å². The van der Waals surface area contributed by atoms with Gasteiger partial charge in [0, 0.05) is 0 Å². The monoisotopic (exact) mass is 774 g/mol. The van der Waals surface area contributed by atoms with Crippen molar-refractivity contribution in [1.82, 2.24) is 0 Å². The second-order valence-electron chi connectivity index (χ2n) is 16.1. The van der Waals surface area contributed by atoms with E-state index in [0.29, 0.717) is 0 Å². The van der Waals surface area contributed by atoms with Gasteiger partial charge in [0.1, 0.15) is 0 Å². The molecule has 0 saturated heterocycles. The summed E-state index contributed by atoms with van der Waals surface area (Å²) < 4.78 is 0. The van der Waals surface area contributed by atoms with E-state index >= 15 is 0 Å². The molecule has 10 aromatic rings. The molecule has 0 nitrogen and oxygen atoms in total. The molecule has 0 spiro atoms. The summed E-state index contributed by atoms with van der Waals surface area (Å²) in [6.07, 6.45) is 0. The third-order valence-electron chi connectivity index (χ3n) is 12.5. The van der Waals surface area contributed by atoms with Gasteiger partial charge in [-0.1, -0.05) is 218 Å². The molecule has 0 fully saturated rings. The molecule has 11 rings (SSSR count). The Balaban J connectivity index is 0.967. The molecule has 0 amide bonds. The van der Waals surface area contributed by atoms with Crippen molar-refractivity contribution >= 4 is 0 Å². The Bertz CT molecular complexity index is 3100. The van der Waals surface area contributed by atoms with Crippen molar-refractivity contribution in [1.29, 1.82) is 0 Å². The van der Waals surface area contributed by atoms with E-state index < -0.39 is 5.41 Å². The van der Waals surface area contributed by atoms with Gasteiger partial charge in [0.15, 0.2) is 0 Å². The number of hydrogen-bond acceptors (Lipinski definition) is 0. The lowest BCUT2D eigenvalue weighted by atomic mass is 9.67. The fraction of sp³-hybridized carbons (Fsp3) is 0.0164. The molecule has 0 aromatic heterocycles. The largest absolute Gasteiger partial charge is 0.0713 e. The Morgan fingerprint density at radius 3 is 1.03 bits per heavy atom. The molecule has 0 radical (unpaired) electrons. The average Bonchev–Trinajstić information content (AvgIpc) is 3.65. The summed E-state index contributed by atoms with van der Waals surface area (Å²) in [5.41, 5.74) is 21.8. The Morgan fingerprint density at radius 1 is 0.180 bits per heavy atom. The molecule has 0 bridgehead atoms. The molecule has 0 unspecified atom stereocenters. The summed E-state index contributed by atoms with van der Waals surface area (Å²) in [6.45, 7) is 0.